The van der Waals surface area contributed by atoms with Crippen molar-refractivity contribution in [3.8, 4) is 0 Å². The van der Waals surface area contributed by atoms with Gasteiger partial charge in [-0.25, -0.2) is 8.78 Å². The zero-order valence-electron chi connectivity index (χ0n) is 11.3. The van der Waals surface area contributed by atoms with E-state index in [0.29, 0.717) is 0 Å². The Bertz CT molecular complexity index is 213. The second-order valence-corrected chi connectivity index (χ2v) is 5.80. The lowest BCUT2D eigenvalue weighted by atomic mass is 9.70. The van der Waals surface area contributed by atoms with Crippen LogP contribution in [0.1, 0.15) is 32.6 Å². The predicted octanol–water partition coefficient (Wildman–Crippen LogP) is 2.60. The summed E-state index contributed by atoms with van der Waals surface area (Å²) in [5, 5.41) is 3.24. The van der Waals surface area contributed by atoms with Crippen molar-refractivity contribution < 1.29 is 8.78 Å². The van der Waals surface area contributed by atoms with Gasteiger partial charge in [-0.05, 0) is 38.3 Å². The molecule has 2 nitrogen and oxygen atoms in total. The summed E-state index contributed by atoms with van der Waals surface area (Å²) in [6.07, 6.45) is 2.54. The Morgan fingerprint density at radius 3 is 2.41 bits per heavy atom. The molecule has 17 heavy (non-hydrogen) atoms. The molecule has 1 aliphatic rings. The van der Waals surface area contributed by atoms with E-state index in [9.17, 15) is 8.78 Å². The van der Waals surface area contributed by atoms with Crippen molar-refractivity contribution in [1.29, 1.82) is 0 Å². The fourth-order valence-electron chi connectivity index (χ4n) is 3.01. The number of rotatable bonds is 6. The minimum atomic E-state index is -2.23. The van der Waals surface area contributed by atoms with Gasteiger partial charge in [0.15, 0.2) is 0 Å². The molecule has 1 saturated carbocycles. The van der Waals surface area contributed by atoms with E-state index in [1.807, 2.05) is 14.1 Å². The Morgan fingerprint density at radius 1 is 1.35 bits per heavy atom. The van der Waals surface area contributed by atoms with Gasteiger partial charge in [-0.15, -0.1) is 0 Å². The molecule has 0 spiro atoms. The topological polar surface area (TPSA) is 15.3 Å². The first-order valence-electron chi connectivity index (χ1n) is 6.59. The van der Waals surface area contributed by atoms with Crippen molar-refractivity contribution in [2.24, 2.45) is 11.3 Å². The molecular weight excluding hydrogens is 222 g/mol. The van der Waals surface area contributed by atoms with E-state index >= 15 is 0 Å². The van der Waals surface area contributed by atoms with Gasteiger partial charge >= 0.3 is 0 Å². The highest BCUT2D eigenvalue weighted by Gasteiger charge is 2.34. The van der Waals surface area contributed by atoms with Gasteiger partial charge in [0.25, 0.3) is 6.43 Å². The van der Waals surface area contributed by atoms with Gasteiger partial charge in [-0.2, -0.15) is 0 Å². The van der Waals surface area contributed by atoms with Gasteiger partial charge in [-0.3, -0.25) is 0 Å². The number of nitrogens with zero attached hydrogens (tertiary/aromatic N) is 1. The molecule has 0 heterocycles. The Hall–Kier alpha value is -0.220. The molecule has 0 aromatic heterocycles. The van der Waals surface area contributed by atoms with Crippen molar-refractivity contribution >= 4 is 0 Å². The highest BCUT2D eigenvalue weighted by Crippen LogP contribution is 2.38. The maximum Gasteiger partial charge on any atom is 0.251 e. The molecular formula is C13H26F2N2. The van der Waals surface area contributed by atoms with Crippen LogP contribution in [-0.4, -0.2) is 45.1 Å². The van der Waals surface area contributed by atoms with Gasteiger partial charge in [0, 0.05) is 13.1 Å². The molecule has 0 saturated heterocycles. The van der Waals surface area contributed by atoms with Gasteiger partial charge in [0.2, 0.25) is 0 Å². The third-order valence-corrected chi connectivity index (χ3v) is 3.94. The Morgan fingerprint density at radius 2 is 1.94 bits per heavy atom. The number of alkyl halides is 2. The van der Waals surface area contributed by atoms with E-state index in [1.165, 1.54) is 12.8 Å². The first kappa shape index (κ1) is 14.8. The van der Waals surface area contributed by atoms with Crippen LogP contribution in [0.2, 0.25) is 0 Å². The minimum absolute atomic E-state index is 0.110. The Balaban J connectivity index is 2.52. The van der Waals surface area contributed by atoms with Crippen LogP contribution in [0.15, 0.2) is 0 Å². The largest absolute Gasteiger partial charge is 0.319 e. The summed E-state index contributed by atoms with van der Waals surface area (Å²) >= 11 is 0. The van der Waals surface area contributed by atoms with E-state index in [2.05, 4.69) is 12.2 Å². The highest BCUT2D eigenvalue weighted by atomic mass is 19.3. The molecule has 1 N–H and O–H groups in total. The van der Waals surface area contributed by atoms with Crippen LogP contribution in [0.5, 0.6) is 0 Å². The number of nitrogens with one attached hydrogen (secondary N) is 1. The summed E-state index contributed by atoms with van der Waals surface area (Å²) in [6, 6.07) is 0. The van der Waals surface area contributed by atoms with Crippen molar-refractivity contribution in [1.82, 2.24) is 10.2 Å². The zero-order chi connectivity index (χ0) is 12.9. The van der Waals surface area contributed by atoms with Crippen LogP contribution in [0.3, 0.4) is 0 Å². The third-order valence-electron chi connectivity index (χ3n) is 3.94. The molecule has 0 aromatic rings. The zero-order valence-corrected chi connectivity index (χ0v) is 11.3. The molecule has 0 aromatic carbocycles. The summed E-state index contributed by atoms with van der Waals surface area (Å²) in [5.41, 5.74) is 0.199. The molecule has 1 aliphatic carbocycles. The quantitative estimate of drug-likeness (QED) is 0.777. The first-order chi connectivity index (χ1) is 7.97. The molecule has 1 rings (SSSR count). The molecule has 0 unspecified atom stereocenters. The number of hydrogen-bond acceptors (Lipinski definition) is 2. The van der Waals surface area contributed by atoms with Crippen LogP contribution < -0.4 is 5.32 Å². The fourth-order valence-corrected chi connectivity index (χ4v) is 3.01. The SMILES string of the molecule is CNCC1(CN(C)CC(F)F)CCC(C)CC1. The van der Waals surface area contributed by atoms with Gasteiger partial charge in [-0.1, -0.05) is 19.8 Å². The minimum Gasteiger partial charge on any atom is -0.319 e. The maximum absolute atomic E-state index is 12.4. The highest BCUT2D eigenvalue weighted by molar-refractivity contribution is 4.88. The van der Waals surface area contributed by atoms with E-state index in [4.69, 9.17) is 0 Å². The molecule has 0 radical (unpaired) electrons. The average molecular weight is 248 g/mol. The summed E-state index contributed by atoms with van der Waals surface area (Å²) in [5.74, 6) is 0.792. The molecule has 0 amide bonds. The molecule has 1 fully saturated rings. The average Bonchev–Trinajstić information content (AvgIpc) is 2.21. The summed E-state index contributed by atoms with van der Waals surface area (Å²) in [7, 11) is 3.76. The van der Waals surface area contributed by atoms with Crippen molar-refractivity contribution in [3.63, 3.8) is 0 Å². The van der Waals surface area contributed by atoms with Crippen LogP contribution in [-0.2, 0) is 0 Å². The fraction of sp³-hybridized carbons (Fsp3) is 1.00. The van der Waals surface area contributed by atoms with Crippen LogP contribution in [0, 0.1) is 11.3 Å². The smallest absolute Gasteiger partial charge is 0.251 e. The van der Waals surface area contributed by atoms with Gasteiger partial charge in [0.05, 0.1) is 6.54 Å². The van der Waals surface area contributed by atoms with E-state index in [0.717, 1.165) is 31.8 Å². The molecule has 102 valence electrons. The van der Waals surface area contributed by atoms with E-state index in [1.54, 1.807) is 4.90 Å². The van der Waals surface area contributed by atoms with Crippen LogP contribution in [0.25, 0.3) is 0 Å². The van der Waals surface area contributed by atoms with Crippen molar-refractivity contribution in [2.45, 2.75) is 39.0 Å². The van der Waals surface area contributed by atoms with Gasteiger partial charge < -0.3 is 10.2 Å². The second kappa shape index (κ2) is 6.64. The second-order valence-electron chi connectivity index (χ2n) is 5.80. The summed E-state index contributed by atoms with van der Waals surface area (Å²) in [6.45, 7) is 3.89. The van der Waals surface area contributed by atoms with Crippen LogP contribution >= 0.6 is 0 Å². The normalized spacial score (nSPS) is 30.2. The summed E-state index contributed by atoms with van der Waals surface area (Å²) in [4.78, 5) is 1.79. The monoisotopic (exact) mass is 248 g/mol. The molecule has 0 atom stereocenters. The predicted molar refractivity (Wildman–Crippen MR) is 67.5 cm³/mol. The number of hydrogen-bond donors (Lipinski definition) is 1. The molecule has 0 aliphatic heterocycles. The molecule has 0 bridgehead atoms. The van der Waals surface area contributed by atoms with Gasteiger partial charge in [0.1, 0.15) is 0 Å². The van der Waals surface area contributed by atoms with E-state index in [-0.39, 0.29) is 12.0 Å². The lowest BCUT2D eigenvalue weighted by Crippen LogP contribution is -2.45. The van der Waals surface area contributed by atoms with Crippen molar-refractivity contribution in [3.05, 3.63) is 0 Å². The lowest BCUT2D eigenvalue weighted by molar-refractivity contribution is 0.0542. The van der Waals surface area contributed by atoms with E-state index < -0.39 is 6.43 Å². The van der Waals surface area contributed by atoms with Crippen LogP contribution in [0.4, 0.5) is 8.78 Å². The molecule has 4 heteroatoms. The third kappa shape index (κ3) is 4.88. The summed E-state index contributed by atoms with van der Waals surface area (Å²) < 4.78 is 24.7. The van der Waals surface area contributed by atoms with Crippen molar-refractivity contribution in [2.75, 3.05) is 33.7 Å². The Labute approximate surface area is 104 Å². The Kier molecular flexibility index (Phi) is 5.80. The number of halogens is 2. The first-order valence-corrected chi connectivity index (χ1v) is 6.59. The lowest BCUT2D eigenvalue weighted by Gasteiger charge is -2.42. The standard InChI is InChI=1S/C13H26F2N2/c1-11-4-6-13(7-5-11,9-16-2)10-17(3)8-12(14)15/h11-12,16H,4-10H2,1-3H3. The maximum atomic E-state index is 12.4.